The van der Waals surface area contributed by atoms with Gasteiger partial charge in [0, 0.05) is 31.5 Å². The first-order valence-corrected chi connectivity index (χ1v) is 9.70. The summed E-state index contributed by atoms with van der Waals surface area (Å²) in [7, 11) is 0. The number of nitrogens with zero attached hydrogens (tertiary/aromatic N) is 3. The van der Waals surface area contributed by atoms with E-state index in [1.54, 1.807) is 13.0 Å². The van der Waals surface area contributed by atoms with E-state index in [0.717, 1.165) is 38.0 Å². The Morgan fingerprint density at radius 3 is 2.80 bits per heavy atom. The van der Waals surface area contributed by atoms with Gasteiger partial charge in [-0.25, -0.2) is 4.98 Å². The number of hydrogen-bond donors (Lipinski definition) is 1. The third kappa shape index (κ3) is 5.14. The van der Waals surface area contributed by atoms with Crippen molar-refractivity contribution in [1.82, 2.24) is 19.8 Å². The summed E-state index contributed by atoms with van der Waals surface area (Å²) in [6, 6.07) is 1.59. The van der Waals surface area contributed by atoms with Crippen LogP contribution in [0.1, 0.15) is 62.4 Å². The number of hydrogen-bond acceptors (Lipinski definition) is 4. The number of carbonyl (C=O) groups is 1. The minimum Gasteiger partial charge on any atom is -0.342 e. The molecule has 0 aliphatic carbocycles. The summed E-state index contributed by atoms with van der Waals surface area (Å²) in [4.78, 5) is 35.9. The van der Waals surface area contributed by atoms with Gasteiger partial charge in [-0.3, -0.25) is 9.59 Å². The van der Waals surface area contributed by atoms with Crippen LogP contribution in [0.5, 0.6) is 0 Å². The highest BCUT2D eigenvalue weighted by molar-refractivity contribution is 5.76. The smallest absolute Gasteiger partial charge is 0.251 e. The maximum Gasteiger partial charge on any atom is 0.251 e. The molecule has 0 aromatic carbocycles. The van der Waals surface area contributed by atoms with E-state index in [1.807, 2.05) is 4.90 Å². The normalized spacial score (nSPS) is 22.1. The van der Waals surface area contributed by atoms with Crippen LogP contribution >= 0.6 is 0 Å². The monoisotopic (exact) mass is 346 g/mol. The van der Waals surface area contributed by atoms with Gasteiger partial charge in [0.15, 0.2) is 0 Å². The first kappa shape index (κ1) is 18.1. The van der Waals surface area contributed by atoms with Gasteiger partial charge in [0.25, 0.3) is 5.56 Å². The van der Waals surface area contributed by atoms with Gasteiger partial charge in [-0.15, -0.1) is 0 Å². The van der Waals surface area contributed by atoms with Gasteiger partial charge in [0.05, 0.1) is 5.69 Å². The SMILES string of the molecule is Cc1nc([C@H]2CCCN(C(=O)CCCN3CCCCC3)C2)cc(=O)[nH]1. The van der Waals surface area contributed by atoms with Crippen molar-refractivity contribution in [2.75, 3.05) is 32.7 Å². The number of aromatic nitrogens is 2. The summed E-state index contributed by atoms with van der Waals surface area (Å²) in [5, 5.41) is 0. The zero-order chi connectivity index (χ0) is 17.6. The van der Waals surface area contributed by atoms with E-state index in [0.29, 0.717) is 18.8 Å². The van der Waals surface area contributed by atoms with Gasteiger partial charge in [-0.1, -0.05) is 6.42 Å². The van der Waals surface area contributed by atoms with E-state index in [1.165, 1.54) is 32.4 Å². The Morgan fingerprint density at radius 1 is 1.24 bits per heavy atom. The molecule has 25 heavy (non-hydrogen) atoms. The highest BCUT2D eigenvalue weighted by atomic mass is 16.2. The van der Waals surface area contributed by atoms with E-state index in [-0.39, 0.29) is 17.4 Å². The number of nitrogens with one attached hydrogen (secondary N) is 1. The lowest BCUT2D eigenvalue weighted by atomic mass is 9.94. The number of piperidine rings is 2. The quantitative estimate of drug-likeness (QED) is 0.886. The number of rotatable bonds is 5. The lowest BCUT2D eigenvalue weighted by molar-refractivity contribution is -0.132. The maximum atomic E-state index is 12.6. The molecule has 0 spiro atoms. The zero-order valence-electron chi connectivity index (χ0n) is 15.3. The molecule has 0 radical (unpaired) electrons. The standard InChI is InChI=1S/C19H30N4O2/c1-15-20-17(13-18(24)21-15)16-7-5-12-23(14-16)19(25)8-6-11-22-9-3-2-4-10-22/h13,16H,2-12,14H2,1H3,(H,20,21,24)/t16-/m0/s1. The number of amides is 1. The van der Waals surface area contributed by atoms with Gasteiger partial charge >= 0.3 is 0 Å². The maximum absolute atomic E-state index is 12.6. The molecule has 6 nitrogen and oxygen atoms in total. The molecule has 1 N–H and O–H groups in total. The first-order chi connectivity index (χ1) is 12.1. The average Bonchev–Trinajstić information content (AvgIpc) is 2.62. The summed E-state index contributed by atoms with van der Waals surface area (Å²) >= 11 is 0. The second-order valence-electron chi connectivity index (χ2n) is 7.44. The van der Waals surface area contributed by atoms with Crippen LogP contribution in [-0.4, -0.2) is 58.4 Å². The van der Waals surface area contributed by atoms with E-state index in [9.17, 15) is 9.59 Å². The van der Waals surface area contributed by atoms with Crippen LogP contribution in [0.4, 0.5) is 0 Å². The predicted molar refractivity (Wildman–Crippen MR) is 97.7 cm³/mol. The first-order valence-electron chi connectivity index (χ1n) is 9.70. The van der Waals surface area contributed by atoms with Crippen molar-refractivity contribution in [1.29, 1.82) is 0 Å². The van der Waals surface area contributed by atoms with Gasteiger partial charge < -0.3 is 14.8 Å². The van der Waals surface area contributed by atoms with Crippen LogP contribution in [-0.2, 0) is 4.79 Å². The second kappa shape index (κ2) is 8.61. The van der Waals surface area contributed by atoms with E-state index < -0.39 is 0 Å². The summed E-state index contributed by atoms with van der Waals surface area (Å²) in [6.45, 7) is 6.75. The molecule has 2 aliphatic rings. The third-order valence-corrected chi connectivity index (χ3v) is 5.39. The Kier molecular flexibility index (Phi) is 6.24. The Bertz CT molecular complexity index is 637. The molecule has 2 aliphatic heterocycles. The van der Waals surface area contributed by atoms with Crippen molar-refractivity contribution in [2.45, 2.75) is 57.8 Å². The predicted octanol–water partition coefficient (Wildman–Crippen LogP) is 2.05. The second-order valence-corrected chi connectivity index (χ2v) is 7.44. The minimum absolute atomic E-state index is 0.104. The highest BCUT2D eigenvalue weighted by Crippen LogP contribution is 2.25. The third-order valence-electron chi connectivity index (χ3n) is 5.39. The van der Waals surface area contributed by atoms with Crippen molar-refractivity contribution in [3.8, 4) is 0 Å². The van der Waals surface area contributed by atoms with Gasteiger partial charge in [0.1, 0.15) is 5.82 Å². The molecule has 0 unspecified atom stereocenters. The van der Waals surface area contributed by atoms with Crippen LogP contribution < -0.4 is 5.56 Å². The minimum atomic E-state index is -0.104. The van der Waals surface area contributed by atoms with E-state index in [4.69, 9.17) is 0 Å². The molecule has 2 fully saturated rings. The van der Waals surface area contributed by atoms with Crippen molar-refractivity contribution in [3.63, 3.8) is 0 Å². The molecule has 3 heterocycles. The summed E-state index contributed by atoms with van der Waals surface area (Å²) < 4.78 is 0. The molecule has 1 aromatic rings. The Labute approximate surface area is 149 Å². The molecule has 3 rings (SSSR count). The molecule has 138 valence electrons. The van der Waals surface area contributed by atoms with E-state index in [2.05, 4.69) is 14.9 Å². The van der Waals surface area contributed by atoms with Crippen LogP contribution in [0.15, 0.2) is 10.9 Å². The van der Waals surface area contributed by atoms with Crippen molar-refractivity contribution < 1.29 is 4.79 Å². The summed E-state index contributed by atoms with van der Waals surface area (Å²) in [6.07, 6.45) is 7.49. The average molecular weight is 346 g/mol. The molecule has 1 atom stereocenters. The number of aromatic amines is 1. The van der Waals surface area contributed by atoms with Gasteiger partial charge in [-0.05, 0) is 58.7 Å². The summed E-state index contributed by atoms with van der Waals surface area (Å²) in [5.74, 6) is 1.08. The molecule has 0 bridgehead atoms. The Hall–Kier alpha value is -1.69. The molecule has 0 saturated carbocycles. The molecule has 1 aromatic heterocycles. The fourth-order valence-electron chi connectivity index (χ4n) is 4.05. The zero-order valence-corrected chi connectivity index (χ0v) is 15.3. The number of H-pyrrole nitrogens is 1. The number of carbonyl (C=O) groups excluding carboxylic acids is 1. The Morgan fingerprint density at radius 2 is 2.04 bits per heavy atom. The fraction of sp³-hybridized carbons (Fsp3) is 0.737. The molecular formula is C19H30N4O2. The van der Waals surface area contributed by atoms with E-state index >= 15 is 0 Å². The van der Waals surface area contributed by atoms with Gasteiger partial charge in [0.2, 0.25) is 5.91 Å². The molecule has 2 saturated heterocycles. The molecule has 6 heteroatoms. The molecule has 1 amide bonds. The number of likely N-dealkylation sites (tertiary alicyclic amines) is 2. The fourth-order valence-corrected chi connectivity index (χ4v) is 4.05. The topological polar surface area (TPSA) is 69.3 Å². The van der Waals surface area contributed by atoms with Gasteiger partial charge in [-0.2, -0.15) is 0 Å². The number of aryl methyl sites for hydroxylation is 1. The molecular weight excluding hydrogens is 316 g/mol. The van der Waals surface area contributed by atoms with Crippen molar-refractivity contribution in [2.24, 2.45) is 0 Å². The lowest BCUT2D eigenvalue weighted by Gasteiger charge is -2.33. The van der Waals surface area contributed by atoms with Crippen molar-refractivity contribution >= 4 is 5.91 Å². The lowest BCUT2D eigenvalue weighted by Crippen LogP contribution is -2.40. The summed E-state index contributed by atoms with van der Waals surface area (Å²) in [5.41, 5.74) is 0.722. The van der Waals surface area contributed by atoms with Crippen LogP contribution in [0.2, 0.25) is 0 Å². The van der Waals surface area contributed by atoms with Crippen LogP contribution in [0.25, 0.3) is 0 Å². The Balaban J connectivity index is 1.50. The van der Waals surface area contributed by atoms with Crippen LogP contribution in [0.3, 0.4) is 0 Å². The van der Waals surface area contributed by atoms with Crippen molar-refractivity contribution in [3.05, 3.63) is 27.9 Å². The largest absolute Gasteiger partial charge is 0.342 e. The van der Waals surface area contributed by atoms with Crippen LogP contribution in [0, 0.1) is 6.92 Å². The highest BCUT2D eigenvalue weighted by Gasteiger charge is 2.26.